The fraction of sp³-hybridized carbons (Fsp3) is 0.267. The van der Waals surface area contributed by atoms with Gasteiger partial charge in [-0.3, -0.25) is 0 Å². The molecule has 19 heavy (non-hydrogen) atoms. The van der Waals surface area contributed by atoms with Crippen LogP contribution in [0.15, 0.2) is 40.9 Å². The summed E-state index contributed by atoms with van der Waals surface area (Å²) < 4.78 is 5.71. The normalized spacial score (nSPS) is 10.8. The molecule has 100 valence electrons. The van der Waals surface area contributed by atoms with E-state index in [0.717, 1.165) is 21.8 Å². The van der Waals surface area contributed by atoms with Crippen molar-refractivity contribution in [1.29, 1.82) is 0 Å². The molecule has 4 heteroatoms. The number of aryl methyl sites for hydroxylation is 2. The van der Waals surface area contributed by atoms with Crippen molar-refractivity contribution < 1.29 is 9.57 Å². The van der Waals surface area contributed by atoms with Gasteiger partial charge in [0, 0.05) is 4.88 Å². The Labute approximate surface area is 117 Å². The highest BCUT2D eigenvalue weighted by molar-refractivity contribution is 7.11. The first kappa shape index (κ1) is 13.6. The van der Waals surface area contributed by atoms with Crippen molar-refractivity contribution in [3.63, 3.8) is 0 Å². The highest BCUT2D eigenvalue weighted by Gasteiger charge is 2.02. The number of hydrogen-bond acceptors (Lipinski definition) is 4. The van der Waals surface area contributed by atoms with Gasteiger partial charge in [0.25, 0.3) is 0 Å². The zero-order chi connectivity index (χ0) is 13.5. The number of benzene rings is 1. The zero-order valence-corrected chi connectivity index (χ0v) is 11.9. The van der Waals surface area contributed by atoms with Crippen LogP contribution in [0.2, 0.25) is 0 Å². The Hall–Kier alpha value is -1.81. The largest absolute Gasteiger partial charge is 0.489 e. The molecule has 2 aromatic rings. The number of hydrogen-bond donors (Lipinski definition) is 0. The minimum absolute atomic E-state index is 0.440. The van der Waals surface area contributed by atoms with Crippen LogP contribution in [0, 0.1) is 13.8 Å². The lowest BCUT2D eigenvalue weighted by molar-refractivity contribution is 0.108. The van der Waals surface area contributed by atoms with Crippen molar-refractivity contribution in [2.45, 2.75) is 13.8 Å². The van der Waals surface area contributed by atoms with Gasteiger partial charge in [-0.05, 0) is 36.4 Å². The second-order valence-electron chi connectivity index (χ2n) is 4.15. The third-order valence-corrected chi connectivity index (χ3v) is 3.43. The highest BCUT2D eigenvalue weighted by atomic mass is 32.1. The Bertz CT molecular complexity index is 515. The number of rotatable bonds is 6. The number of nitrogens with zero attached hydrogens (tertiary/aromatic N) is 1. The van der Waals surface area contributed by atoms with E-state index in [2.05, 4.69) is 5.16 Å². The Morgan fingerprint density at radius 3 is 2.58 bits per heavy atom. The van der Waals surface area contributed by atoms with E-state index >= 15 is 0 Å². The summed E-state index contributed by atoms with van der Waals surface area (Å²) in [5.41, 5.74) is 2.28. The standard InChI is InChI=1S/C15H17NO2S/c1-12-5-3-6-13(2)15(12)17-8-9-18-16-11-14-7-4-10-19-14/h3-7,10-11H,8-9H2,1-2H3/b16-11+. The lowest BCUT2D eigenvalue weighted by Crippen LogP contribution is -2.06. The lowest BCUT2D eigenvalue weighted by atomic mass is 10.1. The molecule has 0 atom stereocenters. The summed E-state index contributed by atoms with van der Waals surface area (Å²) in [7, 11) is 0. The SMILES string of the molecule is Cc1cccc(C)c1OCCO/N=C/c1cccs1. The van der Waals surface area contributed by atoms with E-state index in [1.807, 2.05) is 49.6 Å². The van der Waals surface area contributed by atoms with E-state index in [1.165, 1.54) is 0 Å². The maximum atomic E-state index is 5.71. The van der Waals surface area contributed by atoms with E-state index < -0.39 is 0 Å². The van der Waals surface area contributed by atoms with Crippen molar-refractivity contribution in [2.24, 2.45) is 5.16 Å². The average molecular weight is 275 g/mol. The molecule has 0 unspecified atom stereocenters. The van der Waals surface area contributed by atoms with E-state index in [9.17, 15) is 0 Å². The summed E-state index contributed by atoms with van der Waals surface area (Å²) in [5.74, 6) is 0.938. The molecular weight excluding hydrogens is 258 g/mol. The first-order chi connectivity index (χ1) is 9.27. The number of oxime groups is 1. The van der Waals surface area contributed by atoms with Gasteiger partial charge in [-0.1, -0.05) is 29.4 Å². The van der Waals surface area contributed by atoms with Gasteiger partial charge in [-0.2, -0.15) is 0 Å². The Morgan fingerprint density at radius 2 is 1.89 bits per heavy atom. The fourth-order valence-electron chi connectivity index (χ4n) is 1.71. The first-order valence-electron chi connectivity index (χ1n) is 6.15. The van der Waals surface area contributed by atoms with Crippen LogP contribution in [-0.4, -0.2) is 19.4 Å². The van der Waals surface area contributed by atoms with Gasteiger partial charge >= 0.3 is 0 Å². The Kier molecular flexibility index (Phi) is 4.98. The quantitative estimate of drug-likeness (QED) is 0.456. The van der Waals surface area contributed by atoms with E-state index in [-0.39, 0.29) is 0 Å². The molecule has 0 radical (unpaired) electrons. The monoisotopic (exact) mass is 275 g/mol. The second-order valence-corrected chi connectivity index (χ2v) is 5.13. The van der Waals surface area contributed by atoms with Crippen LogP contribution in [0.25, 0.3) is 0 Å². The Morgan fingerprint density at radius 1 is 1.11 bits per heavy atom. The van der Waals surface area contributed by atoms with Gasteiger partial charge in [0.2, 0.25) is 0 Å². The van der Waals surface area contributed by atoms with Crippen LogP contribution >= 0.6 is 11.3 Å². The van der Waals surface area contributed by atoms with E-state index in [1.54, 1.807) is 17.6 Å². The maximum absolute atomic E-state index is 5.71. The molecule has 1 heterocycles. The van der Waals surface area contributed by atoms with Gasteiger partial charge in [0.15, 0.2) is 6.61 Å². The van der Waals surface area contributed by atoms with E-state index in [4.69, 9.17) is 9.57 Å². The minimum atomic E-state index is 0.440. The molecule has 3 nitrogen and oxygen atoms in total. The van der Waals surface area contributed by atoms with Crippen molar-refractivity contribution in [3.8, 4) is 5.75 Å². The van der Waals surface area contributed by atoms with Gasteiger partial charge in [-0.15, -0.1) is 11.3 Å². The fourth-order valence-corrected chi connectivity index (χ4v) is 2.29. The molecule has 2 rings (SSSR count). The molecule has 0 bridgehead atoms. The van der Waals surface area contributed by atoms with Crippen molar-refractivity contribution in [3.05, 3.63) is 51.7 Å². The molecule has 1 aromatic heterocycles. The summed E-state index contributed by atoms with van der Waals surface area (Å²) in [6, 6.07) is 10.1. The molecule has 1 aromatic carbocycles. The molecule has 0 fully saturated rings. The molecular formula is C15H17NO2S. The predicted octanol–water partition coefficient (Wildman–Crippen LogP) is 3.79. The van der Waals surface area contributed by atoms with Crippen LogP contribution in [0.5, 0.6) is 5.75 Å². The van der Waals surface area contributed by atoms with Crippen LogP contribution in [0.1, 0.15) is 16.0 Å². The molecule has 0 saturated heterocycles. The molecule has 0 aliphatic heterocycles. The summed E-state index contributed by atoms with van der Waals surface area (Å²) in [6.45, 7) is 5.01. The third-order valence-electron chi connectivity index (χ3n) is 2.63. The highest BCUT2D eigenvalue weighted by Crippen LogP contribution is 2.21. The predicted molar refractivity (Wildman–Crippen MR) is 79.3 cm³/mol. The minimum Gasteiger partial charge on any atom is -0.489 e. The number of para-hydroxylation sites is 1. The second kappa shape index (κ2) is 6.95. The third kappa shape index (κ3) is 4.10. The van der Waals surface area contributed by atoms with Gasteiger partial charge < -0.3 is 9.57 Å². The molecule has 0 amide bonds. The Balaban J connectivity index is 1.72. The lowest BCUT2D eigenvalue weighted by Gasteiger charge is -2.10. The van der Waals surface area contributed by atoms with Crippen LogP contribution in [0.3, 0.4) is 0 Å². The summed E-state index contributed by atoms with van der Waals surface area (Å²) in [4.78, 5) is 6.24. The van der Waals surface area contributed by atoms with Crippen molar-refractivity contribution >= 4 is 17.6 Å². The van der Waals surface area contributed by atoms with Crippen LogP contribution in [0.4, 0.5) is 0 Å². The average Bonchev–Trinajstić information content (AvgIpc) is 2.89. The topological polar surface area (TPSA) is 30.8 Å². The van der Waals surface area contributed by atoms with Crippen LogP contribution < -0.4 is 4.74 Å². The zero-order valence-electron chi connectivity index (χ0n) is 11.1. The van der Waals surface area contributed by atoms with Crippen LogP contribution in [-0.2, 0) is 4.84 Å². The van der Waals surface area contributed by atoms with Crippen molar-refractivity contribution in [1.82, 2.24) is 0 Å². The molecule has 0 aliphatic carbocycles. The molecule has 0 N–H and O–H groups in total. The first-order valence-corrected chi connectivity index (χ1v) is 7.03. The summed E-state index contributed by atoms with van der Waals surface area (Å²) >= 11 is 1.63. The maximum Gasteiger partial charge on any atom is 0.151 e. The van der Waals surface area contributed by atoms with Gasteiger partial charge in [0.1, 0.15) is 12.4 Å². The van der Waals surface area contributed by atoms with Crippen molar-refractivity contribution in [2.75, 3.05) is 13.2 Å². The molecule has 0 saturated carbocycles. The smallest absolute Gasteiger partial charge is 0.151 e. The molecule has 0 aliphatic rings. The van der Waals surface area contributed by atoms with E-state index in [0.29, 0.717) is 13.2 Å². The summed E-state index contributed by atoms with van der Waals surface area (Å²) in [5, 5.41) is 5.90. The number of ether oxygens (including phenoxy) is 1. The summed E-state index contributed by atoms with van der Waals surface area (Å²) in [6.07, 6.45) is 1.71. The molecule has 0 spiro atoms. The van der Waals surface area contributed by atoms with Gasteiger partial charge in [0.05, 0.1) is 6.21 Å². The van der Waals surface area contributed by atoms with Gasteiger partial charge in [-0.25, -0.2) is 0 Å². The number of thiophene rings is 1.